The van der Waals surface area contributed by atoms with Crippen molar-refractivity contribution in [3.63, 3.8) is 0 Å². The molecule has 1 aromatic carbocycles. The molecular formula is C12H4Cl3FN2. The van der Waals surface area contributed by atoms with Crippen molar-refractivity contribution in [1.82, 2.24) is 4.98 Å². The fourth-order valence-corrected chi connectivity index (χ4v) is 2.25. The molecule has 0 bridgehead atoms. The summed E-state index contributed by atoms with van der Waals surface area (Å²) in [4.78, 5) is 3.77. The minimum atomic E-state index is -0.464. The molecule has 0 aliphatic carbocycles. The van der Waals surface area contributed by atoms with Crippen LogP contribution in [0.2, 0.25) is 15.3 Å². The number of hydrogen-bond donors (Lipinski definition) is 0. The lowest BCUT2D eigenvalue weighted by Crippen LogP contribution is -1.91. The van der Waals surface area contributed by atoms with Crippen molar-refractivity contribution in [3.8, 4) is 17.2 Å². The number of aromatic nitrogens is 1. The number of hydrogen-bond acceptors (Lipinski definition) is 2. The van der Waals surface area contributed by atoms with Gasteiger partial charge in [0, 0.05) is 11.1 Å². The first-order valence-electron chi connectivity index (χ1n) is 4.74. The Morgan fingerprint density at radius 1 is 1.11 bits per heavy atom. The lowest BCUT2D eigenvalue weighted by molar-refractivity contribution is 0.628. The van der Waals surface area contributed by atoms with E-state index >= 15 is 0 Å². The first-order chi connectivity index (χ1) is 8.52. The highest BCUT2D eigenvalue weighted by Gasteiger charge is 2.14. The summed E-state index contributed by atoms with van der Waals surface area (Å²) in [5, 5.41) is 9.35. The summed E-state index contributed by atoms with van der Waals surface area (Å²) in [6.45, 7) is 0. The predicted octanol–water partition coefficient (Wildman–Crippen LogP) is 4.72. The van der Waals surface area contributed by atoms with Crippen LogP contribution in [-0.2, 0) is 0 Å². The largest absolute Gasteiger partial charge is 0.223 e. The third kappa shape index (κ3) is 2.41. The number of nitriles is 1. The summed E-state index contributed by atoms with van der Waals surface area (Å²) in [5.74, 6) is -0.464. The molecule has 0 atom stereocenters. The molecule has 1 heterocycles. The van der Waals surface area contributed by atoms with Crippen LogP contribution in [0.5, 0.6) is 0 Å². The third-order valence-corrected chi connectivity index (χ3v) is 3.06. The van der Waals surface area contributed by atoms with E-state index in [0.29, 0.717) is 11.1 Å². The van der Waals surface area contributed by atoms with E-state index in [1.807, 2.05) is 6.07 Å². The maximum Gasteiger partial charge on any atom is 0.149 e. The van der Waals surface area contributed by atoms with Gasteiger partial charge in [-0.3, -0.25) is 0 Å². The van der Waals surface area contributed by atoms with Crippen molar-refractivity contribution >= 4 is 34.8 Å². The molecule has 0 radical (unpaired) electrons. The molecule has 18 heavy (non-hydrogen) atoms. The molecule has 0 aliphatic rings. The number of benzene rings is 1. The number of nitrogens with zero attached hydrogens (tertiary/aromatic N) is 2. The molecule has 90 valence electrons. The summed E-state index contributed by atoms with van der Waals surface area (Å²) in [7, 11) is 0. The standard InChI is InChI=1S/C12H4Cl3FN2/c13-10-3-6(16)1-2-7(10)8-4-11(14)18-12(15)9(8)5-17/h1-4H. The van der Waals surface area contributed by atoms with E-state index in [0.717, 1.165) is 6.07 Å². The lowest BCUT2D eigenvalue weighted by atomic mass is 10.0. The van der Waals surface area contributed by atoms with E-state index in [4.69, 9.17) is 40.1 Å². The summed E-state index contributed by atoms with van der Waals surface area (Å²) in [5.41, 5.74) is 1.04. The smallest absolute Gasteiger partial charge is 0.149 e. The third-order valence-electron chi connectivity index (χ3n) is 2.28. The van der Waals surface area contributed by atoms with Crippen molar-refractivity contribution in [3.05, 3.63) is 51.0 Å². The van der Waals surface area contributed by atoms with Crippen LogP contribution in [0.3, 0.4) is 0 Å². The van der Waals surface area contributed by atoms with E-state index < -0.39 is 5.82 Å². The van der Waals surface area contributed by atoms with Crippen molar-refractivity contribution in [2.45, 2.75) is 0 Å². The van der Waals surface area contributed by atoms with Gasteiger partial charge < -0.3 is 0 Å². The highest BCUT2D eigenvalue weighted by atomic mass is 35.5. The monoisotopic (exact) mass is 300 g/mol. The average molecular weight is 302 g/mol. The van der Waals surface area contributed by atoms with Gasteiger partial charge in [0.1, 0.15) is 22.2 Å². The second-order valence-electron chi connectivity index (χ2n) is 3.39. The number of halogens is 4. The topological polar surface area (TPSA) is 36.7 Å². The molecule has 0 saturated heterocycles. The van der Waals surface area contributed by atoms with Crippen molar-refractivity contribution < 1.29 is 4.39 Å². The zero-order valence-electron chi connectivity index (χ0n) is 8.72. The molecule has 0 unspecified atom stereocenters. The second-order valence-corrected chi connectivity index (χ2v) is 4.55. The normalized spacial score (nSPS) is 10.2. The predicted molar refractivity (Wildman–Crippen MR) is 69.4 cm³/mol. The van der Waals surface area contributed by atoms with Crippen LogP contribution in [-0.4, -0.2) is 4.98 Å². The van der Waals surface area contributed by atoms with Crippen molar-refractivity contribution in [2.75, 3.05) is 0 Å². The Bertz CT molecular complexity index is 665. The Kier molecular flexibility index (Phi) is 3.72. The Morgan fingerprint density at radius 2 is 1.83 bits per heavy atom. The number of pyridine rings is 1. The van der Waals surface area contributed by atoms with Gasteiger partial charge in [0.05, 0.1) is 10.6 Å². The molecule has 0 saturated carbocycles. The van der Waals surface area contributed by atoms with E-state index in [1.54, 1.807) is 0 Å². The molecule has 0 aliphatic heterocycles. The van der Waals surface area contributed by atoms with E-state index in [1.165, 1.54) is 18.2 Å². The van der Waals surface area contributed by atoms with Gasteiger partial charge in [-0.15, -0.1) is 0 Å². The van der Waals surface area contributed by atoms with Gasteiger partial charge in [0.25, 0.3) is 0 Å². The van der Waals surface area contributed by atoms with Crippen LogP contribution in [0.15, 0.2) is 24.3 Å². The molecule has 1 aromatic heterocycles. The molecule has 0 amide bonds. The molecule has 2 nitrogen and oxygen atoms in total. The van der Waals surface area contributed by atoms with Crippen LogP contribution >= 0.6 is 34.8 Å². The fraction of sp³-hybridized carbons (Fsp3) is 0. The van der Waals surface area contributed by atoms with Crippen LogP contribution in [0.25, 0.3) is 11.1 Å². The SMILES string of the molecule is N#Cc1c(-c2ccc(F)cc2Cl)cc(Cl)nc1Cl. The van der Waals surface area contributed by atoms with Crippen molar-refractivity contribution in [2.24, 2.45) is 0 Å². The lowest BCUT2D eigenvalue weighted by Gasteiger charge is -2.08. The average Bonchev–Trinajstić information content (AvgIpc) is 2.28. The summed E-state index contributed by atoms with van der Waals surface area (Å²) in [6.07, 6.45) is 0. The second kappa shape index (κ2) is 5.11. The summed E-state index contributed by atoms with van der Waals surface area (Å²) >= 11 is 17.6. The highest BCUT2D eigenvalue weighted by Crippen LogP contribution is 2.34. The zero-order valence-corrected chi connectivity index (χ0v) is 11.0. The summed E-state index contributed by atoms with van der Waals surface area (Å²) in [6, 6.07) is 7.24. The van der Waals surface area contributed by atoms with Crippen LogP contribution in [0.4, 0.5) is 4.39 Å². The molecule has 0 spiro atoms. The minimum absolute atomic E-state index is 0.0135. The van der Waals surface area contributed by atoms with E-state index in [2.05, 4.69) is 4.98 Å². The maximum absolute atomic E-state index is 13.0. The molecule has 6 heteroatoms. The Hall–Kier alpha value is -1.34. The van der Waals surface area contributed by atoms with Crippen LogP contribution in [0.1, 0.15) is 5.56 Å². The molecule has 2 rings (SSSR count). The number of rotatable bonds is 1. The molecule has 2 aromatic rings. The maximum atomic E-state index is 13.0. The van der Waals surface area contributed by atoms with Gasteiger partial charge in [0.15, 0.2) is 0 Å². The van der Waals surface area contributed by atoms with Crippen molar-refractivity contribution in [1.29, 1.82) is 5.26 Å². The molecule has 0 N–H and O–H groups in total. The first-order valence-corrected chi connectivity index (χ1v) is 5.88. The Labute approximate surface area is 118 Å². The van der Waals surface area contributed by atoms with Gasteiger partial charge in [-0.25, -0.2) is 9.37 Å². The van der Waals surface area contributed by atoms with Crippen LogP contribution in [0, 0.1) is 17.1 Å². The zero-order chi connectivity index (χ0) is 13.3. The van der Waals surface area contributed by atoms with E-state index in [-0.39, 0.29) is 20.9 Å². The van der Waals surface area contributed by atoms with Crippen LogP contribution < -0.4 is 0 Å². The Balaban J connectivity index is 2.75. The van der Waals surface area contributed by atoms with Gasteiger partial charge >= 0.3 is 0 Å². The quantitative estimate of drug-likeness (QED) is 0.715. The van der Waals surface area contributed by atoms with Gasteiger partial charge in [-0.1, -0.05) is 34.8 Å². The minimum Gasteiger partial charge on any atom is -0.223 e. The van der Waals surface area contributed by atoms with Gasteiger partial charge in [-0.2, -0.15) is 5.26 Å². The Morgan fingerprint density at radius 3 is 2.44 bits per heavy atom. The molecular weight excluding hydrogens is 298 g/mol. The fourth-order valence-electron chi connectivity index (χ4n) is 1.51. The molecule has 0 fully saturated rings. The first kappa shape index (κ1) is 13.1. The van der Waals surface area contributed by atoms with E-state index in [9.17, 15) is 4.39 Å². The van der Waals surface area contributed by atoms with Gasteiger partial charge in [0.2, 0.25) is 0 Å². The van der Waals surface area contributed by atoms with Gasteiger partial charge in [-0.05, 0) is 24.3 Å². The highest BCUT2D eigenvalue weighted by molar-refractivity contribution is 6.35. The summed E-state index contributed by atoms with van der Waals surface area (Å²) < 4.78 is 13.0.